The van der Waals surface area contributed by atoms with Gasteiger partial charge in [-0.15, -0.1) is 0 Å². The minimum absolute atomic E-state index is 0.0358. The van der Waals surface area contributed by atoms with Crippen LogP contribution in [0.1, 0.15) is 5.69 Å². The molecule has 128 valence electrons. The Labute approximate surface area is 138 Å². The number of likely N-dealkylation sites (N-methyl/N-ethyl adjacent to an activating group) is 2. The van der Waals surface area contributed by atoms with Crippen LogP contribution in [0, 0.1) is 0 Å². The summed E-state index contributed by atoms with van der Waals surface area (Å²) in [6.07, 6.45) is 1.66. The maximum atomic E-state index is 12.4. The number of carbonyl (C=O) groups excluding carboxylic acids is 1. The van der Waals surface area contributed by atoms with E-state index in [-0.39, 0.29) is 6.03 Å². The SMILES string of the molecule is COc1ccc(CNC(=O)N2CCN(C)CCN(C)CC2)nc1. The number of nitrogens with zero attached hydrogens (tertiary/aromatic N) is 4. The van der Waals surface area contributed by atoms with Crippen molar-refractivity contribution in [2.75, 3.05) is 60.5 Å². The molecule has 1 fully saturated rings. The maximum absolute atomic E-state index is 12.4. The van der Waals surface area contributed by atoms with Gasteiger partial charge in [-0.2, -0.15) is 0 Å². The van der Waals surface area contributed by atoms with E-state index in [4.69, 9.17) is 4.74 Å². The normalized spacial score (nSPS) is 18.0. The molecule has 0 aliphatic carbocycles. The molecule has 1 N–H and O–H groups in total. The van der Waals surface area contributed by atoms with Crippen LogP contribution in [0.5, 0.6) is 5.75 Å². The topological polar surface area (TPSA) is 60.9 Å². The second kappa shape index (κ2) is 8.69. The van der Waals surface area contributed by atoms with Crippen LogP contribution in [0.15, 0.2) is 18.3 Å². The zero-order valence-corrected chi connectivity index (χ0v) is 14.3. The molecule has 23 heavy (non-hydrogen) atoms. The Kier molecular flexibility index (Phi) is 6.61. The van der Waals surface area contributed by atoms with Crippen molar-refractivity contribution >= 4 is 6.03 Å². The van der Waals surface area contributed by atoms with E-state index < -0.39 is 0 Å². The summed E-state index contributed by atoms with van der Waals surface area (Å²) in [5.74, 6) is 0.714. The van der Waals surface area contributed by atoms with Crippen LogP contribution in [0.25, 0.3) is 0 Å². The van der Waals surface area contributed by atoms with E-state index in [0.29, 0.717) is 12.3 Å². The van der Waals surface area contributed by atoms with Gasteiger partial charge in [-0.05, 0) is 26.2 Å². The van der Waals surface area contributed by atoms with Gasteiger partial charge in [0, 0.05) is 39.3 Å². The molecule has 7 nitrogen and oxygen atoms in total. The van der Waals surface area contributed by atoms with Gasteiger partial charge in [0.2, 0.25) is 0 Å². The minimum atomic E-state index is -0.0358. The number of methoxy groups -OCH3 is 1. The third kappa shape index (κ3) is 5.69. The van der Waals surface area contributed by atoms with Gasteiger partial charge < -0.3 is 24.8 Å². The molecule has 0 saturated carbocycles. The third-order valence-electron chi connectivity index (χ3n) is 4.11. The summed E-state index contributed by atoms with van der Waals surface area (Å²) >= 11 is 0. The van der Waals surface area contributed by atoms with E-state index in [9.17, 15) is 4.79 Å². The van der Waals surface area contributed by atoms with Crippen LogP contribution >= 0.6 is 0 Å². The summed E-state index contributed by atoms with van der Waals surface area (Å²) in [7, 11) is 5.80. The Morgan fingerprint density at radius 1 is 1.13 bits per heavy atom. The fraction of sp³-hybridized carbons (Fsp3) is 0.625. The number of ether oxygens (including phenoxy) is 1. The standard InChI is InChI=1S/C16H27N5O2/c1-19-6-7-20(2)9-11-21(10-8-19)16(22)18-12-14-4-5-15(23-3)13-17-14/h4-5,13H,6-12H2,1-3H3,(H,18,22). The summed E-state index contributed by atoms with van der Waals surface area (Å²) in [6.45, 7) is 5.75. The molecule has 7 heteroatoms. The summed E-state index contributed by atoms with van der Waals surface area (Å²) in [6, 6.07) is 3.67. The van der Waals surface area contributed by atoms with Crippen molar-refractivity contribution in [3.05, 3.63) is 24.0 Å². The van der Waals surface area contributed by atoms with E-state index in [1.165, 1.54) is 0 Å². The first-order valence-electron chi connectivity index (χ1n) is 7.97. The number of hydrogen-bond acceptors (Lipinski definition) is 5. The zero-order chi connectivity index (χ0) is 16.7. The fourth-order valence-corrected chi connectivity index (χ4v) is 2.38. The molecule has 0 bridgehead atoms. The van der Waals surface area contributed by atoms with E-state index in [1.54, 1.807) is 13.3 Å². The van der Waals surface area contributed by atoms with Gasteiger partial charge in [0.1, 0.15) is 5.75 Å². The van der Waals surface area contributed by atoms with E-state index in [2.05, 4.69) is 34.2 Å². The van der Waals surface area contributed by atoms with E-state index >= 15 is 0 Å². The van der Waals surface area contributed by atoms with Gasteiger partial charge in [-0.25, -0.2) is 4.79 Å². The predicted octanol–water partition coefficient (Wildman–Crippen LogP) is 0.479. The first-order valence-corrected chi connectivity index (χ1v) is 7.97. The average molecular weight is 321 g/mol. The highest BCUT2D eigenvalue weighted by atomic mass is 16.5. The lowest BCUT2D eigenvalue weighted by Gasteiger charge is -2.24. The van der Waals surface area contributed by atoms with Crippen molar-refractivity contribution in [2.45, 2.75) is 6.54 Å². The van der Waals surface area contributed by atoms with Gasteiger partial charge >= 0.3 is 6.03 Å². The lowest BCUT2D eigenvalue weighted by molar-refractivity contribution is 0.189. The molecule has 0 spiro atoms. The minimum Gasteiger partial charge on any atom is -0.495 e. The van der Waals surface area contributed by atoms with Crippen LogP contribution < -0.4 is 10.1 Å². The number of urea groups is 1. The maximum Gasteiger partial charge on any atom is 0.317 e. The number of nitrogens with one attached hydrogen (secondary N) is 1. The molecular weight excluding hydrogens is 294 g/mol. The van der Waals surface area contributed by atoms with Crippen molar-refractivity contribution in [1.82, 2.24) is 25.0 Å². The fourth-order valence-electron chi connectivity index (χ4n) is 2.38. The molecule has 0 unspecified atom stereocenters. The second-order valence-corrected chi connectivity index (χ2v) is 5.94. The van der Waals surface area contributed by atoms with Crippen molar-refractivity contribution in [3.63, 3.8) is 0 Å². The summed E-state index contributed by atoms with van der Waals surface area (Å²) in [5.41, 5.74) is 0.817. The Balaban J connectivity index is 1.86. The molecule has 1 aromatic rings. The monoisotopic (exact) mass is 321 g/mol. The number of rotatable bonds is 3. The lowest BCUT2D eigenvalue weighted by Crippen LogP contribution is -2.44. The van der Waals surface area contributed by atoms with Crippen molar-refractivity contribution in [3.8, 4) is 5.75 Å². The number of pyridine rings is 1. The summed E-state index contributed by atoms with van der Waals surface area (Å²) in [5, 5.41) is 2.95. The van der Waals surface area contributed by atoms with E-state index in [0.717, 1.165) is 45.0 Å². The van der Waals surface area contributed by atoms with Crippen LogP contribution in [0.4, 0.5) is 4.79 Å². The first-order chi connectivity index (χ1) is 11.1. The molecule has 1 saturated heterocycles. The molecule has 0 atom stereocenters. The van der Waals surface area contributed by atoms with Crippen LogP contribution in [0.2, 0.25) is 0 Å². The zero-order valence-electron chi connectivity index (χ0n) is 14.3. The molecule has 2 amide bonds. The van der Waals surface area contributed by atoms with Crippen molar-refractivity contribution in [1.29, 1.82) is 0 Å². The van der Waals surface area contributed by atoms with Gasteiger partial charge in [-0.1, -0.05) is 0 Å². The molecule has 0 radical (unpaired) electrons. The van der Waals surface area contributed by atoms with Gasteiger partial charge in [-0.3, -0.25) is 4.98 Å². The Bertz CT molecular complexity index is 480. The predicted molar refractivity (Wildman–Crippen MR) is 89.6 cm³/mol. The highest BCUT2D eigenvalue weighted by molar-refractivity contribution is 5.74. The van der Waals surface area contributed by atoms with Crippen LogP contribution in [-0.4, -0.2) is 86.2 Å². The van der Waals surface area contributed by atoms with Gasteiger partial charge in [0.15, 0.2) is 0 Å². The van der Waals surface area contributed by atoms with Crippen molar-refractivity contribution in [2.24, 2.45) is 0 Å². The Morgan fingerprint density at radius 3 is 2.26 bits per heavy atom. The summed E-state index contributed by atoms with van der Waals surface area (Å²) in [4.78, 5) is 23.1. The molecule has 1 aliphatic heterocycles. The van der Waals surface area contributed by atoms with Gasteiger partial charge in [0.25, 0.3) is 0 Å². The number of amides is 2. The molecule has 1 aromatic heterocycles. The molecule has 2 rings (SSSR count). The Hall–Kier alpha value is -1.86. The average Bonchev–Trinajstić information content (AvgIpc) is 2.65. The highest BCUT2D eigenvalue weighted by Gasteiger charge is 2.16. The van der Waals surface area contributed by atoms with Gasteiger partial charge in [0.05, 0.1) is 25.5 Å². The smallest absolute Gasteiger partial charge is 0.317 e. The van der Waals surface area contributed by atoms with Crippen LogP contribution in [0.3, 0.4) is 0 Å². The highest BCUT2D eigenvalue weighted by Crippen LogP contribution is 2.07. The largest absolute Gasteiger partial charge is 0.495 e. The molecular formula is C16H27N5O2. The second-order valence-electron chi connectivity index (χ2n) is 5.94. The van der Waals surface area contributed by atoms with E-state index in [1.807, 2.05) is 17.0 Å². The Morgan fingerprint density at radius 2 is 1.74 bits per heavy atom. The summed E-state index contributed by atoms with van der Waals surface area (Å²) < 4.78 is 5.08. The first kappa shape index (κ1) is 17.5. The molecule has 2 heterocycles. The molecule has 1 aliphatic rings. The third-order valence-corrected chi connectivity index (χ3v) is 4.11. The number of aromatic nitrogens is 1. The lowest BCUT2D eigenvalue weighted by atomic mass is 10.3. The quantitative estimate of drug-likeness (QED) is 0.877. The van der Waals surface area contributed by atoms with Crippen molar-refractivity contribution < 1.29 is 9.53 Å². The number of carbonyl (C=O) groups is 1. The van der Waals surface area contributed by atoms with Crippen LogP contribution in [-0.2, 0) is 6.54 Å². The number of hydrogen-bond donors (Lipinski definition) is 1. The molecule has 0 aromatic carbocycles.